The van der Waals surface area contributed by atoms with Crippen LogP contribution in [0.1, 0.15) is 18.1 Å². The molecule has 0 aliphatic carbocycles. The Morgan fingerprint density at radius 1 is 1.57 bits per heavy atom. The average Bonchev–Trinajstić information content (AvgIpc) is 2.85. The zero-order valence-electron chi connectivity index (χ0n) is 12.1. The molecule has 21 heavy (non-hydrogen) atoms. The summed E-state index contributed by atoms with van der Waals surface area (Å²) in [6, 6.07) is 0.0819. The highest BCUT2D eigenvalue weighted by molar-refractivity contribution is 5.79. The number of hydrogen-bond acceptors (Lipinski definition) is 4. The van der Waals surface area contributed by atoms with Crippen molar-refractivity contribution in [1.29, 1.82) is 0 Å². The van der Waals surface area contributed by atoms with Crippen LogP contribution in [0.5, 0.6) is 0 Å². The lowest BCUT2D eigenvalue weighted by Gasteiger charge is -2.25. The van der Waals surface area contributed by atoms with Gasteiger partial charge in [0.15, 0.2) is 11.8 Å². The number of rotatable bonds is 5. The molecule has 0 amide bonds. The van der Waals surface area contributed by atoms with Crippen LogP contribution in [0.2, 0.25) is 0 Å². The van der Waals surface area contributed by atoms with Gasteiger partial charge in [-0.1, -0.05) is 0 Å². The average molecular weight is 302 g/mol. The van der Waals surface area contributed by atoms with Gasteiger partial charge < -0.3 is 15.4 Å². The molecule has 0 bridgehead atoms. The molecule has 1 aliphatic heterocycles. The fourth-order valence-corrected chi connectivity index (χ4v) is 2.23. The molecule has 0 spiro atoms. The number of alkyl halides is 2. The second-order valence-corrected chi connectivity index (χ2v) is 4.78. The van der Waals surface area contributed by atoms with Crippen LogP contribution in [0, 0.1) is 0 Å². The second kappa shape index (κ2) is 7.30. The first-order valence-electron chi connectivity index (χ1n) is 6.79. The van der Waals surface area contributed by atoms with Gasteiger partial charge in [0, 0.05) is 26.6 Å². The smallest absolute Gasteiger partial charge is 0.255 e. The molecule has 0 radical (unpaired) electrons. The molecule has 2 N–H and O–H groups in total. The first-order chi connectivity index (χ1) is 10.1. The number of aliphatic imine (C=N–C) groups is 1. The van der Waals surface area contributed by atoms with E-state index in [0.29, 0.717) is 24.9 Å². The lowest BCUT2D eigenvalue weighted by atomic mass is 10.1. The van der Waals surface area contributed by atoms with Gasteiger partial charge in [0.05, 0.1) is 13.1 Å². The van der Waals surface area contributed by atoms with Crippen LogP contribution in [0.3, 0.4) is 0 Å². The van der Waals surface area contributed by atoms with Gasteiger partial charge in [-0.2, -0.15) is 5.10 Å². The van der Waals surface area contributed by atoms with E-state index in [-0.39, 0.29) is 6.04 Å². The summed E-state index contributed by atoms with van der Waals surface area (Å²) in [5, 5.41) is 10.1. The fraction of sp³-hybridized carbons (Fsp3) is 0.750. The fourth-order valence-electron chi connectivity index (χ4n) is 2.23. The van der Waals surface area contributed by atoms with Crippen LogP contribution in [-0.4, -0.2) is 53.9 Å². The van der Waals surface area contributed by atoms with Crippen molar-refractivity contribution in [1.82, 2.24) is 25.4 Å². The van der Waals surface area contributed by atoms with E-state index in [1.165, 1.54) is 0 Å². The van der Waals surface area contributed by atoms with Crippen molar-refractivity contribution in [2.24, 2.45) is 4.99 Å². The molecular weight excluding hydrogens is 282 g/mol. The summed E-state index contributed by atoms with van der Waals surface area (Å²) in [5.74, 6) is 1.96. The zero-order chi connectivity index (χ0) is 15.2. The standard InChI is InChI=1S/C12H20F2N6O/c1-15-12(16-5-9(13)14)17-8-3-4-11-18-10(7-21-2)19-20(11)6-8/h8-9H,3-7H2,1-2H3,(H2,15,16,17). The van der Waals surface area contributed by atoms with Crippen molar-refractivity contribution in [2.75, 3.05) is 20.7 Å². The molecule has 0 aromatic carbocycles. The summed E-state index contributed by atoms with van der Waals surface area (Å²) in [6.45, 7) is 0.593. The van der Waals surface area contributed by atoms with Crippen LogP contribution in [0.25, 0.3) is 0 Å². The van der Waals surface area contributed by atoms with E-state index in [1.807, 2.05) is 4.68 Å². The van der Waals surface area contributed by atoms with E-state index in [2.05, 4.69) is 25.7 Å². The van der Waals surface area contributed by atoms with E-state index < -0.39 is 13.0 Å². The number of guanidine groups is 1. The summed E-state index contributed by atoms with van der Waals surface area (Å²) in [5.41, 5.74) is 0. The van der Waals surface area contributed by atoms with E-state index in [0.717, 1.165) is 18.7 Å². The number of methoxy groups -OCH3 is 1. The van der Waals surface area contributed by atoms with Crippen LogP contribution >= 0.6 is 0 Å². The third kappa shape index (κ3) is 4.35. The Kier molecular flexibility index (Phi) is 5.43. The van der Waals surface area contributed by atoms with Crippen LogP contribution in [-0.2, 0) is 24.3 Å². The number of ether oxygens (including phenoxy) is 1. The van der Waals surface area contributed by atoms with Crippen LogP contribution < -0.4 is 10.6 Å². The zero-order valence-corrected chi connectivity index (χ0v) is 12.1. The molecule has 1 aromatic heterocycles. The molecule has 2 heterocycles. The Balaban J connectivity index is 1.91. The van der Waals surface area contributed by atoms with Crippen molar-refractivity contribution < 1.29 is 13.5 Å². The summed E-state index contributed by atoms with van der Waals surface area (Å²) in [7, 11) is 3.16. The molecule has 0 fully saturated rings. The van der Waals surface area contributed by atoms with Crippen molar-refractivity contribution >= 4 is 5.96 Å². The molecular formula is C12H20F2N6O. The minimum atomic E-state index is -2.41. The highest BCUT2D eigenvalue weighted by Crippen LogP contribution is 2.13. The summed E-state index contributed by atoms with van der Waals surface area (Å²) in [4.78, 5) is 8.33. The number of nitrogens with zero attached hydrogens (tertiary/aromatic N) is 4. The first kappa shape index (κ1) is 15.6. The number of halogens is 2. The Bertz CT molecular complexity index is 490. The minimum Gasteiger partial charge on any atom is -0.377 e. The number of aryl methyl sites for hydroxylation is 1. The molecule has 1 unspecified atom stereocenters. The monoisotopic (exact) mass is 302 g/mol. The molecule has 0 saturated carbocycles. The van der Waals surface area contributed by atoms with Crippen molar-refractivity contribution in [3.8, 4) is 0 Å². The third-order valence-electron chi connectivity index (χ3n) is 3.16. The summed E-state index contributed by atoms with van der Waals surface area (Å²) < 4.78 is 31.2. The molecule has 118 valence electrons. The Labute approximate surface area is 121 Å². The Morgan fingerprint density at radius 2 is 2.38 bits per heavy atom. The summed E-state index contributed by atoms with van der Waals surface area (Å²) >= 11 is 0. The highest BCUT2D eigenvalue weighted by Gasteiger charge is 2.22. The molecule has 0 saturated heterocycles. The second-order valence-electron chi connectivity index (χ2n) is 4.78. The van der Waals surface area contributed by atoms with Gasteiger partial charge in [0.2, 0.25) is 0 Å². The maximum atomic E-state index is 12.2. The van der Waals surface area contributed by atoms with Gasteiger partial charge in [-0.05, 0) is 6.42 Å². The van der Waals surface area contributed by atoms with E-state index >= 15 is 0 Å². The molecule has 7 nitrogen and oxygen atoms in total. The SMILES string of the molecule is CN=C(NCC(F)F)NC1CCc2nc(COC)nn2C1. The minimum absolute atomic E-state index is 0.0819. The molecule has 2 rings (SSSR count). The lowest BCUT2D eigenvalue weighted by Crippen LogP contribution is -2.48. The first-order valence-corrected chi connectivity index (χ1v) is 6.79. The topological polar surface area (TPSA) is 76.4 Å². The van der Waals surface area contributed by atoms with E-state index in [4.69, 9.17) is 4.74 Å². The van der Waals surface area contributed by atoms with Crippen molar-refractivity contribution in [3.05, 3.63) is 11.6 Å². The maximum absolute atomic E-state index is 12.2. The van der Waals surface area contributed by atoms with Gasteiger partial charge >= 0.3 is 0 Å². The molecule has 9 heteroatoms. The number of aromatic nitrogens is 3. The third-order valence-corrected chi connectivity index (χ3v) is 3.16. The van der Waals surface area contributed by atoms with Gasteiger partial charge in [0.1, 0.15) is 12.4 Å². The van der Waals surface area contributed by atoms with Crippen molar-refractivity contribution in [3.63, 3.8) is 0 Å². The lowest BCUT2D eigenvalue weighted by molar-refractivity contribution is 0.152. The molecule has 1 atom stereocenters. The van der Waals surface area contributed by atoms with Gasteiger partial charge in [-0.3, -0.25) is 4.99 Å². The van der Waals surface area contributed by atoms with Gasteiger partial charge in [-0.25, -0.2) is 18.4 Å². The number of hydrogen-bond donors (Lipinski definition) is 2. The quantitative estimate of drug-likeness (QED) is 0.599. The van der Waals surface area contributed by atoms with Crippen molar-refractivity contribution in [2.45, 2.75) is 38.5 Å². The summed E-state index contributed by atoms with van der Waals surface area (Å²) in [6.07, 6.45) is -0.783. The Hall–Kier alpha value is -1.77. The molecule has 1 aliphatic rings. The van der Waals surface area contributed by atoms with Crippen LogP contribution in [0.15, 0.2) is 4.99 Å². The van der Waals surface area contributed by atoms with E-state index in [9.17, 15) is 8.78 Å². The largest absolute Gasteiger partial charge is 0.377 e. The normalized spacial score (nSPS) is 18.7. The molecule has 1 aromatic rings. The van der Waals surface area contributed by atoms with E-state index in [1.54, 1.807) is 14.2 Å². The number of nitrogens with one attached hydrogen (secondary N) is 2. The highest BCUT2D eigenvalue weighted by atomic mass is 19.3. The van der Waals surface area contributed by atoms with Gasteiger partial charge in [-0.15, -0.1) is 0 Å². The number of fused-ring (bicyclic) bond motifs is 1. The van der Waals surface area contributed by atoms with Gasteiger partial charge in [0.25, 0.3) is 6.43 Å². The predicted molar refractivity (Wildman–Crippen MR) is 73.3 cm³/mol. The Morgan fingerprint density at radius 3 is 3.05 bits per heavy atom. The van der Waals surface area contributed by atoms with Crippen LogP contribution in [0.4, 0.5) is 8.78 Å². The predicted octanol–water partition coefficient (Wildman–Crippen LogP) is 0.169. The maximum Gasteiger partial charge on any atom is 0.255 e.